The van der Waals surface area contributed by atoms with E-state index in [2.05, 4.69) is 10.2 Å². The number of fused-ring (bicyclic) bond motifs is 1. The van der Waals surface area contributed by atoms with Gasteiger partial charge in [0.25, 0.3) is 0 Å². The highest BCUT2D eigenvalue weighted by Gasteiger charge is 2.32. The summed E-state index contributed by atoms with van der Waals surface area (Å²) in [5.41, 5.74) is 0. The third-order valence-electron chi connectivity index (χ3n) is 3.15. The van der Waals surface area contributed by atoms with Crippen molar-refractivity contribution in [2.45, 2.75) is 6.42 Å². The number of rotatable bonds is 2. The van der Waals surface area contributed by atoms with Gasteiger partial charge in [0, 0.05) is 6.54 Å². The van der Waals surface area contributed by atoms with Gasteiger partial charge in [-0.3, -0.25) is 9.69 Å². The smallest absolute Gasteiger partial charge is 0.317 e. The summed E-state index contributed by atoms with van der Waals surface area (Å²) in [6.07, 6.45) is 1.16. The lowest BCUT2D eigenvalue weighted by Crippen LogP contribution is -2.42. The van der Waals surface area contributed by atoms with E-state index < -0.39 is 5.97 Å². The summed E-state index contributed by atoms with van der Waals surface area (Å²) < 4.78 is 0. The summed E-state index contributed by atoms with van der Waals surface area (Å²) in [6.45, 7) is 4.33. The Kier molecular flexibility index (Phi) is 2.51. The standard InChI is InChI=1S/C9H16N2O2/c12-9(13)6-11-2-1-7-3-10-4-8(7)5-11/h7-8,10H,1-6H2,(H,12,13). The molecule has 2 atom stereocenters. The van der Waals surface area contributed by atoms with E-state index in [1.54, 1.807) is 0 Å². The Bertz CT molecular complexity index is 208. The molecule has 0 aromatic heterocycles. The fourth-order valence-electron chi connectivity index (χ4n) is 2.45. The van der Waals surface area contributed by atoms with Gasteiger partial charge < -0.3 is 10.4 Å². The normalized spacial score (nSPS) is 34.5. The van der Waals surface area contributed by atoms with Gasteiger partial charge in [-0.05, 0) is 37.9 Å². The van der Waals surface area contributed by atoms with Crippen LogP contribution in [0.2, 0.25) is 0 Å². The van der Waals surface area contributed by atoms with Gasteiger partial charge >= 0.3 is 5.97 Å². The fourth-order valence-corrected chi connectivity index (χ4v) is 2.45. The van der Waals surface area contributed by atoms with Gasteiger partial charge in [0.05, 0.1) is 6.54 Å². The average molecular weight is 184 g/mol. The summed E-state index contributed by atoms with van der Waals surface area (Å²) in [6, 6.07) is 0. The first kappa shape index (κ1) is 8.97. The highest BCUT2D eigenvalue weighted by molar-refractivity contribution is 5.69. The largest absolute Gasteiger partial charge is 0.480 e. The maximum absolute atomic E-state index is 10.5. The zero-order chi connectivity index (χ0) is 9.26. The highest BCUT2D eigenvalue weighted by atomic mass is 16.4. The van der Waals surface area contributed by atoms with Crippen molar-refractivity contribution in [2.75, 3.05) is 32.7 Å². The van der Waals surface area contributed by atoms with E-state index in [0.717, 1.165) is 38.5 Å². The molecule has 2 aliphatic heterocycles. The summed E-state index contributed by atoms with van der Waals surface area (Å²) in [4.78, 5) is 12.6. The minimum atomic E-state index is -0.704. The maximum atomic E-state index is 10.5. The summed E-state index contributed by atoms with van der Waals surface area (Å²) in [7, 11) is 0. The Labute approximate surface area is 77.9 Å². The molecular weight excluding hydrogens is 168 g/mol. The minimum absolute atomic E-state index is 0.212. The van der Waals surface area contributed by atoms with Crippen LogP contribution < -0.4 is 5.32 Å². The van der Waals surface area contributed by atoms with Crippen molar-refractivity contribution in [3.8, 4) is 0 Å². The molecule has 2 fully saturated rings. The van der Waals surface area contributed by atoms with Crippen LogP contribution in [0.5, 0.6) is 0 Å². The molecule has 2 N–H and O–H groups in total. The number of hydrogen-bond acceptors (Lipinski definition) is 3. The van der Waals surface area contributed by atoms with Crippen LogP contribution in [-0.2, 0) is 4.79 Å². The first-order chi connectivity index (χ1) is 6.25. The summed E-state index contributed by atoms with van der Waals surface area (Å²) in [5.74, 6) is 0.780. The zero-order valence-electron chi connectivity index (χ0n) is 7.70. The molecule has 4 nitrogen and oxygen atoms in total. The number of nitrogens with zero attached hydrogens (tertiary/aromatic N) is 1. The lowest BCUT2D eigenvalue weighted by Gasteiger charge is -2.33. The van der Waals surface area contributed by atoms with E-state index in [0.29, 0.717) is 5.92 Å². The summed E-state index contributed by atoms with van der Waals surface area (Å²) in [5, 5.41) is 12.0. The quantitative estimate of drug-likeness (QED) is 0.614. The molecule has 0 aromatic rings. The second-order valence-corrected chi connectivity index (χ2v) is 4.10. The molecule has 0 saturated carbocycles. The van der Waals surface area contributed by atoms with Crippen molar-refractivity contribution >= 4 is 5.97 Å². The minimum Gasteiger partial charge on any atom is -0.480 e. The average Bonchev–Trinajstić information content (AvgIpc) is 2.49. The van der Waals surface area contributed by atoms with Gasteiger partial charge in [0.2, 0.25) is 0 Å². The first-order valence-corrected chi connectivity index (χ1v) is 4.90. The van der Waals surface area contributed by atoms with Crippen molar-refractivity contribution in [3.05, 3.63) is 0 Å². The molecule has 4 heteroatoms. The third kappa shape index (κ3) is 2.00. The second kappa shape index (κ2) is 3.64. The van der Waals surface area contributed by atoms with Crippen molar-refractivity contribution in [2.24, 2.45) is 11.8 Å². The van der Waals surface area contributed by atoms with E-state index in [1.807, 2.05) is 0 Å². The predicted octanol–water partition coefficient (Wildman–Crippen LogP) is -0.388. The molecule has 0 aromatic carbocycles. The Morgan fingerprint density at radius 3 is 3.00 bits per heavy atom. The molecule has 0 amide bonds. The third-order valence-corrected chi connectivity index (χ3v) is 3.15. The number of carbonyl (C=O) groups is 1. The van der Waals surface area contributed by atoms with Crippen molar-refractivity contribution in [3.63, 3.8) is 0 Å². The second-order valence-electron chi connectivity index (χ2n) is 4.10. The van der Waals surface area contributed by atoms with E-state index in [4.69, 9.17) is 5.11 Å². The van der Waals surface area contributed by atoms with Crippen molar-refractivity contribution in [1.29, 1.82) is 0 Å². The topological polar surface area (TPSA) is 52.6 Å². The molecule has 0 spiro atoms. The molecule has 0 bridgehead atoms. The van der Waals surface area contributed by atoms with E-state index >= 15 is 0 Å². The molecule has 2 aliphatic rings. The molecule has 2 unspecified atom stereocenters. The Morgan fingerprint density at radius 1 is 1.46 bits per heavy atom. The number of aliphatic carboxylic acids is 1. The van der Waals surface area contributed by atoms with Crippen LogP contribution in [-0.4, -0.2) is 48.7 Å². The monoisotopic (exact) mass is 184 g/mol. The number of hydrogen-bond donors (Lipinski definition) is 2. The Hall–Kier alpha value is -0.610. The molecule has 2 rings (SSSR count). The molecular formula is C9H16N2O2. The lowest BCUT2D eigenvalue weighted by molar-refractivity contribution is -0.138. The summed E-state index contributed by atoms with van der Waals surface area (Å²) >= 11 is 0. The number of likely N-dealkylation sites (tertiary alicyclic amines) is 1. The van der Waals surface area contributed by atoms with Crippen LogP contribution in [0.25, 0.3) is 0 Å². The van der Waals surface area contributed by atoms with Crippen LogP contribution >= 0.6 is 0 Å². The van der Waals surface area contributed by atoms with Crippen molar-refractivity contribution < 1.29 is 9.90 Å². The van der Waals surface area contributed by atoms with Crippen LogP contribution in [0, 0.1) is 11.8 Å². The van der Waals surface area contributed by atoms with Gasteiger partial charge in [-0.1, -0.05) is 0 Å². The molecule has 0 radical (unpaired) electrons. The molecule has 2 heterocycles. The number of carboxylic acid groups (broad SMARTS) is 1. The van der Waals surface area contributed by atoms with Crippen LogP contribution in [0.4, 0.5) is 0 Å². The van der Waals surface area contributed by atoms with Crippen molar-refractivity contribution in [1.82, 2.24) is 10.2 Å². The molecule has 13 heavy (non-hydrogen) atoms. The number of piperidine rings is 1. The van der Waals surface area contributed by atoms with Crippen LogP contribution in [0.1, 0.15) is 6.42 Å². The van der Waals surface area contributed by atoms with E-state index in [-0.39, 0.29) is 6.54 Å². The fraction of sp³-hybridized carbons (Fsp3) is 0.889. The highest BCUT2D eigenvalue weighted by Crippen LogP contribution is 2.25. The van der Waals surface area contributed by atoms with Gasteiger partial charge in [0.1, 0.15) is 0 Å². The van der Waals surface area contributed by atoms with E-state index in [1.165, 1.54) is 0 Å². The molecule has 74 valence electrons. The van der Waals surface area contributed by atoms with Gasteiger partial charge in [-0.25, -0.2) is 0 Å². The van der Waals surface area contributed by atoms with Gasteiger partial charge in [0.15, 0.2) is 0 Å². The van der Waals surface area contributed by atoms with Gasteiger partial charge in [-0.15, -0.1) is 0 Å². The zero-order valence-corrected chi connectivity index (χ0v) is 7.70. The maximum Gasteiger partial charge on any atom is 0.317 e. The molecule has 0 aliphatic carbocycles. The van der Waals surface area contributed by atoms with E-state index in [9.17, 15) is 4.79 Å². The molecule has 2 saturated heterocycles. The number of nitrogens with one attached hydrogen (secondary N) is 1. The first-order valence-electron chi connectivity index (χ1n) is 4.90. The Balaban J connectivity index is 1.86. The van der Waals surface area contributed by atoms with Gasteiger partial charge in [-0.2, -0.15) is 0 Å². The number of carboxylic acids is 1. The van der Waals surface area contributed by atoms with Crippen LogP contribution in [0.3, 0.4) is 0 Å². The predicted molar refractivity (Wildman–Crippen MR) is 48.5 cm³/mol. The SMILES string of the molecule is O=C(O)CN1CCC2CNCC2C1. The Morgan fingerprint density at radius 2 is 2.23 bits per heavy atom. The lowest BCUT2D eigenvalue weighted by atomic mass is 9.89. The van der Waals surface area contributed by atoms with Crippen LogP contribution in [0.15, 0.2) is 0 Å².